The second kappa shape index (κ2) is 5.18. The molecule has 1 atom stereocenters. The summed E-state index contributed by atoms with van der Waals surface area (Å²) in [5.74, 6) is 0.614. The van der Waals surface area contributed by atoms with Crippen LogP contribution in [0.3, 0.4) is 0 Å². The number of carbonyl (C=O) groups is 1. The van der Waals surface area contributed by atoms with Gasteiger partial charge in [0.25, 0.3) is 0 Å². The third kappa shape index (κ3) is 3.31. The first-order chi connectivity index (χ1) is 6.24. The highest BCUT2D eigenvalue weighted by Crippen LogP contribution is 2.15. The molecule has 0 saturated carbocycles. The Balaban J connectivity index is 2.30. The lowest BCUT2D eigenvalue weighted by Gasteiger charge is -2.06. The van der Waals surface area contributed by atoms with Crippen LogP contribution in [0.25, 0.3) is 0 Å². The van der Waals surface area contributed by atoms with Gasteiger partial charge < -0.3 is 0 Å². The summed E-state index contributed by atoms with van der Waals surface area (Å²) in [5.41, 5.74) is 0. The van der Waals surface area contributed by atoms with Crippen molar-refractivity contribution in [1.29, 1.82) is 0 Å². The van der Waals surface area contributed by atoms with Gasteiger partial charge in [-0.05, 0) is 24.3 Å². The summed E-state index contributed by atoms with van der Waals surface area (Å²) in [7, 11) is 0. The molecular weight excluding hydrogens is 180 g/mol. The van der Waals surface area contributed by atoms with E-state index >= 15 is 0 Å². The van der Waals surface area contributed by atoms with Gasteiger partial charge in [0, 0.05) is 17.2 Å². The molecule has 2 heteroatoms. The zero-order valence-corrected chi connectivity index (χ0v) is 9.06. The van der Waals surface area contributed by atoms with Gasteiger partial charge in [0.1, 0.15) is 5.78 Å². The number of rotatable bonds is 5. The minimum absolute atomic E-state index is 0.229. The van der Waals surface area contributed by atoms with Crippen LogP contribution in [-0.4, -0.2) is 5.78 Å². The SMILES string of the molecule is CCC(=O)C(C)CCc1cccs1. The molecule has 13 heavy (non-hydrogen) atoms. The minimum atomic E-state index is 0.229. The van der Waals surface area contributed by atoms with Crippen LogP contribution in [0.15, 0.2) is 17.5 Å². The summed E-state index contributed by atoms with van der Waals surface area (Å²) in [6, 6.07) is 4.19. The van der Waals surface area contributed by atoms with Crippen molar-refractivity contribution in [2.45, 2.75) is 33.1 Å². The van der Waals surface area contributed by atoms with Gasteiger partial charge in [0.05, 0.1) is 0 Å². The quantitative estimate of drug-likeness (QED) is 0.706. The molecule has 0 fully saturated rings. The summed E-state index contributed by atoms with van der Waals surface area (Å²) in [6.07, 6.45) is 2.71. The molecule has 1 heterocycles. The molecule has 0 spiro atoms. The third-order valence-electron chi connectivity index (χ3n) is 2.30. The molecule has 1 aromatic rings. The van der Waals surface area contributed by atoms with Crippen molar-refractivity contribution >= 4 is 17.1 Å². The van der Waals surface area contributed by atoms with Crippen LogP contribution in [0.5, 0.6) is 0 Å². The van der Waals surface area contributed by atoms with Crippen molar-refractivity contribution in [3.8, 4) is 0 Å². The van der Waals surface area contributed by atoms with E-state index in [1.165, 1.54) is 4.88 Å². The Hall–Kier alpha value is -0.630. The van der Waals surface area contributed by atoms with Crippen molar-refractivity contribution < 1.29 is 4.79 Å². The van der Waals surface area contributed by atoms with Gasteiger partial charge in [-0.25, -0.2) is 0 Å². The Kier molecular flexibility index (Phi) is 4.16. The lowest BCUT2D eigenvalue weighted by molar-refractivity contribution is -0.122. The molecule has 0 aliphatic carbocycles. The fourth-order valence-electron chi connectivity index (χ4n) is 1.32. The summed E-state index contributed by atoms with van der Waals surface area (Å²) in [5, 5.41) is 2.08. The van der Waals surface area contributed by atoms with Gasteiger partial charge in [0.15, 0.2) is 0 Å². The van der Waals surface area contributed by atoms with Crippen LogP contribution < -0.4 is 0 Å². The normalized spacial score (nSPS) is 12.8. The topological polar surface area (TPSA) is 17.1 Å². The molecule has 0 bridgehead atoms. The maximum atomic E-state index is 11.3. The molecule has 1 aromatic heterocycles. The number of hydrogen-bond donors (Lipinski definition) is 0. The van der Waals surface area contributed by atoms with Crippen molar-refractivity contribution in [2.75, 3.05) is 0 Å². The summed E-state index contributed by atoms with van der Waals surface area (Å²) in [4.78, 5) is 12.7. The van der Waals surface area contributed by atoms with Crippen LogP contribution in [0.2, 0.25) is 0 Å². The Labute approximate surface area is 83.8 Å². The molecule has 0 amide bonds. The van der Waals surface area contributed by atoms with Crippen molar-refractivity contribution in [1.82, 2.24) is 0 Å². The predicted octanol–water partition coefficient (Wildman–Crippen LogP) is 3.30. The smallest absolute Gasteiger partial charge is 0.135 e. The Morgan fingerprint density at radius 1 is 1.62 bits per heavy atom. The highest BCUT2D eigenvalue weighted by atomic mass is 32.1. The summed E-state index contributed by atoms with van der Waals surface area (Å²) in [6.45, 7) is 3.96. The summed E-state index contributed by atoms with van der Waals surface area (Å²) >= 11 is 1.77. The van der Waals surface area contributed by atoms with E-state index in [1.807, 2.05) is 13.8 Å². The summed E-state index contributed by atoms with van der Waals surface area (Å²) < 4.78 is 0. The van der Waals surface area contributed by atoms with Crippen molar-refractivity contribution in [2.24, 2.45) is 5.92 Å². The Bertz CT molecular complexity index is 251. The first kappa shape index (κ1) is 10.5. The Morgan fingerprint density at radius 2 is 2.38 bits per heavy atom. The molecule has 1 unspecified atom stereocenters. The molecule has 0 aliphatic rings. The standard InChI is InChI=1S/C11H16OS/c1-3-11(12)9(2)6-7-10-5-4-8-13-10/h4-5,8-9H,3,6-7H2,1-2H3. The Morgan fingerprint density at radius 3 is 2.92 bits per heavy atom. The molecule has 1 nitrogen and oxygen atoms in total. The number of thiophene rings is 1. The van der Waals surface area contributed by atoms with Crippen molar-refractivity contribution in [3.05, 3.63) is 22.4 Å². The first-order valence-corrected chi connectivity index (χ1v) is 5.67. The molecular formula is C11H16OS. The van der Waals surface area contributed by atoms with Gasteiger partial charge in [-0.2, -0.15) is 0 Å². The van der Waals surface area contributed by atoms with Gasteiger partial charge in [0.2, 0.25) is 0 Å². The predicted molar refractivity (Wildman–Crippen MR) is 57.1 cm³/mol. The highest BCUT2D eigenvalue weighted by molar-refractivity contribution is 7.09. The lowest BCUT2D eigenvalue weighted by Crippen LogP contribution is -2.09. The van der Waals surface area contributed by atoms with Crippen LogP contribution in [0.4, 0.5) is 0 Å². The van der Waals surface area contributed by atoms with Crippen LogP contribution in [-0.2, 0) is 11.2 Å². The average molecular weight is 196 g/mol. The van der Waals surface area contributed by atoms with E-state index in [1.54, 1.807) is 11.3 Å². The van der Waals surface area contributed by atoms with E-state index in [2.05, 4.69) is 17.5 Å². The number of carbonyl (C=O) groups excluding carboxylic acids is 1. The number of hydrogen-bond acceptors (Lipinski definition) is 2. The number of aryl methyl sites for hydroxylation is 1. The van der Waals surface area contributed by atoms with E-state index in [-0.39, 0.29) is 5.92 Å². The zero-order chi connectivity index (χ0) is 9.68. The molecule has 0 aliphatic heterocycles. The second-order valence-electron chi connectivity index (χ2n) is 3.34. The van der Waals surface area contributed by atoms with Crippen LogP contribution in [0.1, 0.15) is 31.6 Å². The largest absolute Gasteiger partial charge is 0.299 e. The highest BCUT2D eigenvalue weighted by Gasteiger charge is 2.10. The molecule has 1 rings (SSSR count). The first-order valence-electron chi connectivity index (χ1n) is 4.79. The molecule has 0 radical (unpaired) electrons. The van der Waals surface area contributed by atoms with E-state index in [0.717, 1.165) is 12.8 Å². The average Bonchev–Trinajstić information content (AvgIpc) is 2.65. The van der Waals surface area contributed by atoms with Gasteiger partial charge in [-0.15, -0.1) is 11.3 Å². The third-order valence-corrected chi connectivity index (χ3v) is 3.24. The van der Waals surface area contributed by atoms with Gasteiger partial charge >= 0.3 is 0 Å². The van der Waals surface area contributed by atoms with Crippen LogP contribution in [0, 0.1) is 5.92 Å². The fraction of sp³-hybridized carbons (Fsp3) is 0.545. The van der Waals surface area contributed by atoms with Crippen LogP contribution >= 0.6 is 11.3 Å². The maximum Gasteiger partial charge on any atom is 0.135 e. The zero-order valence-electron chi connectivity index (χ0n) is 8.25. The maximum absolute atomic E-state index is 11.3. The fourth-order valence-corrected chi connectivity index (χ4v) is 2.05. The van der Waals surface area contributed by atoms with Gasteiger partial charge in [-0.3, -0.25) is 4.79 Å². The lowest BCUT2D eigenvalue weighted by atomic mass is 9.98. The number of ketones is 1. The van der Waals surface area contributed by atoms with E-state index in [0.29, 0.717) is 12.2 Å². The monoisotopic (exact) mass is 196 g/mol. The van der Waals surface area contributed by atoms with Crippen molar-refractivity contribution in [3.63, 3.8) is 0 Å². The molecule has 0 N–H and O–H groups in total. The van der Waals surface area contributed by atoms with Gasteiger partial charge in [-0.1, -0.05) is 19.9 Å². The molecule has 72 valence electrons. The molecule has 0 aromatic carbocycles. The minimum Gasteiger partial charge on any atom is -0.299 e. The van der Waals surface area contributed by atoms with E-state index < -0.39 is 0 Å². The van der Waals surface area contributed by atoms with E-state index in [9.17, 15) is 4.79 Å². The second-order valence-corrected chi connectivity index (χ2v) is 4.37. The number of Topliss-reactive ketones (excluding diaryl/α,β-unsaturated/α-hetero) is 1. The van der Waals surface area contributed by atoms with E-state index in [4.69, 9.17) is 0 Å². The molecule has 0 saturated heterocycles.